The first kappa shape index (κ1) is 10.3. The van der Waals surface area contributed by atoms with Gasteiger partial charge in [-0.2, -0.15) is 0 Å². The summed E-state index contributed by atoms with van der Waals surface area (Å²) in [7, 11) is 0. The molecule has 0 aliphatic heterocycles. The molecule has 1 aromatic rings. The highest BCUT2D eigenvalue weighted by molar-refractivity contribution is 9.09. The fraction of sp³-hybridized carbons (Fsp3) is 0.600. The van der Waals surface area contributed by atoms with Crippen molar-refractivity contribution >= 4 is 27.3 Å². The standard InChI is InChI=1S/C10H15BrS/c1-2-9-6-7-10(12-9)5-3-4-8-11/h6-7H,2-5,8H2,1H3. The maximum atomic E-state index is 3.45. The van der Waals surface area contributed by atoms with Crippen LogP contribution in [0.25, 0.3) is 0 Å². The highest BCUT2D eigenvalue weighted by Crippen LogP contribution is 2.18. The Hall–Kier alpha value is 0.180. The van der Waals surface area contributed by atoms with Gasteiger partial charge >= 0.3 is 0 Å². The van der Waals surface area contributed by atoms with Crippen LogP contribution in [0.1, 0.15) is 29.5 Å². The van der Waals surface area contributed by atoms with Crippen molar-refractivity contribution in [1.82, 2.24) is 0 Å². The summed E-state index contributed by atoms with van der Waals surface area (Å²) in [4.78, 5) is 3.07. The van der Waals surface area contributed by atoms with E-state index in [9.17, 15) is 0 Å². The van der Waals surface area contributed by atoms with Gasteiger partial charge in [0.1, 0.15) is 0 Å². The van der Waals surface area contributed by atoms with Crippen LogP contribution in [0.4, 0.5) is 0 Å². The van der Waals surface area contributed by atoms with Gasteiger partial charge in [-0.1, -0.05) is 22.9 Å². The van der Waals surface area contributed by atoms with E-state index in [1.165, 1.54) is 30.6 Å². The smallest absolute Gasteiger partial charge is 0.00481 e. The fourth-order valence-electron chi connectivity index (χ4n) is 1.14. The van der Waals surface area contributed by atoms with Crippen LogP contribution in [0, 0.1) is 0 Å². The van der Waals surface area contributed by atoms with Crippen LogP contribution in [0.2, 0.25) is 0 Å². The Morgan fingerprint density at radius 2 is 2.00 bits per heavy atom. The molecule has 0 aliphatic rings. The molecule has 0 radical (unpaired) electrons. The van der Waals surface area contributed by atoms with Crippen molar-refractivity contribution in [3.63, 3.8) is 0 Å². The van der Waals surface area contributed by atoms with E-state index in [-0.39, 0.29) is 0 Å². The van der Waals surface area contributed by atoms with Crippen LogP contribution in [-0.2, 0) is 12.8 Å². The van der Waals surface area contributed by atoms with Gasteiger partial charge in [0.2, 0.25) is 0 Å². The lowest BCUT2D eigenvalue weighted by Gasteiger charge is -1.93. The normalized spacial score (nSPS) is 10.5. The second kappa shape index (κ2) is 5.76. The van der Waals surface area contributed by atoms with Gasteiger partial charge in [0.05, 0.1) is 0 Å². The molecule has 0 N–H and O–H groups in total. The summed E-state index contributed by atoms with van der Waals surface area (Å²) in [5.41, 5.74) is 0. The second-order valence-electron chi connectivity index (χ2n) is 2.87. The van der Waals surface area contributed by atoms with Crippen LogP contribution in [0.3, 0.4) is 0 Å². The lowest BCUT2D eigenvalue weighted by molar-refractivity contribution is 0.815. The van der Waals surface area contributed by atoms with Gasteiger partial charge in [-0.05, 0) is 37.8 Å². The summed E-state index contributed by atoms with van der Waals surface area (Å²) in [5.74, 6) is 0. The molecular weight excluding hydrogens is 232 g/mol. The first-order chi connectivity index (χ1) is 5.86. The van der Waals surface area contributed by atoms with Gasteiger partial charge in [-0.25, -0.2) is 0 Å². The average molecular weight is 247 g/mol. The zero-order valence-corrected chi connectivity index (χ0v) is 9.88. The van der Waals surface area contributed by atoms with Crippen molar-refractivity contribution in [1.29, 1.82) is 0 Å². The molecule has 0 bridgehead atoms. The lowest BCUT2D eigenvalue weighted by atomic mass is 10.2. The molecule has 0 fully saturated rings. The van der Waals surface area contributed by atoms with E-state index < -0.39 is 0 Å². The molecular formula is C10H15BrS. The third-order valence-corrected chi connectivity index (χ3v) is 3.72. The Morgan fingerprint density at radius 1 is 1.25 bits per heavy atom. The van der Waals surface area contributed by atoms with E-state index in [0.29, 0.717) is 0 Å². The number of unbranched alkanes of at least 4 members (excludes halogenated alkanes) is 1. The van der Waals surface area contributed by atoms with E-state index >= 15 is 0 Å². The third kappa shape index (κ3) is 3.28. The SMILES string of the molecule is CCc1ccc(CCCCBr)s1. The minimum Gasteiger partial charge on any atom is -0.145 e. The molecule has 1 aromatic heterocycles. The first-order valence-electron chi connectivity index (χ1n) is 4.50. The summed E-state index contributed by atoms with van der Waals surface area (Å²) in [6.45, 7) is 2.22. The number of rotatable bonds is 5. The van der Waals surface area contributed by atoms with Gasteiger partial charge in [0, 0.05) is 15.1 Å². The molecule has 1 rings (SSSR count). The number of hydrogen-bond acceptors (Lipinski definition) is 1. The van der Waals surface area contributed by atoms with Gasteiger partial charge < -0.3 is 0 Å². The van der Waals surface area contributed by atoms with Crippen molar-refractivity contribution in [2.75, 3.05) is 5.33 Å². The van der Waals surface area contributed by atoms with Crippen LogP contribution in [-0.4, -0.2) is 5.33 Å². The minimum atomic E-state index is 1.14. The van der Waals surface area contributed by atoms with Crippen molar-refractivity contribution in [3.05, 3.63) is 21.9 Å². The van der Waals surface area contributed by atoms with E-state index in [1.807, 2.05) is 11.3 Å². The molecule has 0 aliphatic carbocycles. The van der Waals surface area contributed by atoms with Crippen molar-refractivity contribution < 1.29 is 0 Å². The number of aryl methyl sites for hydroxylation is 2. The van der Waals surface area contributed by atoms with E-state index in [1.54, 1.807) is 4.88 Å². The predicted molar refractivity (Wildman–Crippen MR) is 60.4 cm³/mol. The van der Waals surface area contributed by atoms with Gasteiger partial charge in [-0.15, -0.1) is 11.3 Å². The first-order valence-corrected chi connectivity index (χ1v) is 6.44. The molecule has 2 heteroatoms. The molecule has 12 heavy (non-hydrogen) atoms. The molecule has 0 atom stereocenters. The summed E-state index contributed by atoms with van der Waals surface area (Å²) in [5, 5.41) is 1.14. The van der Waals surface area contributed by atoms with Crippen LogP contribution >= 0.6 is 27.3 Å². The predicted octanol–water partition coefficient (Wildman–Crippen LogP) is 4.03. The average Bonchev–Trinajstić information content (AvgIpc) is 2.53. The number of alkyl halides is 1. The van der Waals surface area contributed by atoms with E-state index in [0.717, 1.165) is 5.33 Å². The van der Waals surface area contributed by atoms with Crippen LogP contribution in [0.5, 0.6) is 0 Å². The fourth-order valence-corrected chi connectivity index (χ4v) is 2.54. The summed E-state index contributed by atoms with van der Waals surface area (Å²) >= 11 is 5.41. The molecule has 0 saturated carbocycles. The Labute approximate surface area is 87.1 Å². The van der Waals surface area contributed by atoms with Crippen molar-refractivity contribution in [2.45, 2.75) is 32.6 Å². The number of thiophene rings is 1. The van der Waals surface area contributed by atoms with Gasteiger partial charge in [0.25, 0.3) is 0 Å². The van der Waals surface area contributed by atoms with Crippen molar-refractivity contribution in [2.24, 2.45) is 0 Å². The quantitative estimate of drug-likeness (QED) is 0.544. The highest BCUT2D eigenvalue weighted by Gasteiger charge is 1.97. The Kier molecular flexibility index (Phi) is 4.93. The lowest BCUT2D eigenvalue weighted by Crippen LogP contribution is -1.80. The second-order valence-corrected chi connectivity index (χ2v) is 4.91. The van der Waals surface area contributed by atoms with Crippen molar-refractivity contribution in [3.8, 4) is 0 Å². The van der Waals surface area contributed by atoms with E-state index in [4.69, 9.17) is 0 Å². The number of hydrogen-bond donors (Lipinski definition) is 0. The van der Waals surface area contributed by atoms with E-state index in [2.05, 4.69) is 35.0 Å². The summed E-state index contributed by atoms with van der Waals surface area (Å²) < 4.78 is 0. The third-order valence-electron chi connectivity index (χ3n) is 1.87. The van der Waals surface area contributed by atoms with Crippen LogP contribution in [0.15, 0.2) is 12.1 Å². The zero-order valence-electron chi connectivity index (χ0n) is 7.48. The number of halogens is 1. The monoisotopic (exact) mass is 246 g/mol. The molecule has 68 valence electrons. The summed E-state index contributed by atoms with van der Waals surface area (Å²) in [6, 6.07) is 4.53. The topological polar surface area (TPSA) is 0 Å². The van der Waals surface area contributed by atoms with Crippen LogP contribution < -0.4 is 0 Å². The largest absolute Gasteiger partial charge is 0.145 e. The van der Waals surface area contributed by atoms with Gasteiger partial charge in [-0.3, -0.25) is 0 Å². The zero-order chi connectivity index (χ0) is 8.81. The molecule has 0 spiro atoms. The Balaban J connectivity index is 2.31. The summed E-state index contributed by atoms with van der Waals surface area (Å²) in [6.07, 6.45) is 5.05. The maximum Gasteiger partial charge on any atom is 0.00481 e. The molecule has 0 nitrogen and oxygen atoms in total. The maximum absolute atomic E-state index is 3.45. The Morgan fingerprint density at radius 3 is 2.58 bits per heavy atom. The Bertz CT molecular complexity index is 217. The van der Waals surface area contributed by atoms with Gasteiger partial charge in [0.15, 0.2) is 0 Å². The molecule has 0 unspecified atom stereocenters. The molecule has 1 heterocycles. The molecule has 0 amide bonds. The minimum absolute atomic E-state index is 1.14. The molecule has 0 saturated heterocycles. The highest BCUT2D eigenvalue weighted by atomic mass is 79.9. The molecule has 0 aromatic carbocycles.